The molecule has 31 heavy (non-hydrogen) atoms. The van der Waals surface area contributed by atoms with E-state index in [0.717, 1.165) is 16.0 Å². The van der Waals surface area contributed by atoms with Crippen molar-refractivity contribution in [3.63, 3.8) is 0 Å². The molecular weight excluding hydrogens is 416 g/mol. The number of aromatic nitrogens is 1. The molecule has 1 fully saturated rings. The Morgan fingerprint density at radius 2 is 2.23 bits per heavy atom. The van der Waals surface area contributed by atoms with Crippen LogP contribution in [0.3, 0.4) is 0 Å². The summed E-state index contributed by atoms with van der Waals surface area (Å²) in [6, 6.07) is 5.86. The summed E-state index contributed by atoms with van der Waals surface area (Å²) in [6.45, 7) is 1.10. The van der Waals surface area contributed by atoms with Crippen molar-refractivity contribution < 1.29 is 19.1 Å². The van der Waals surface area contributed by atoms with Crippen LogP contribution in [0.4, 0.5) is 9.80 Å². The van der Waals surface area contributed by atoms with Gasteiger partial charge in [-0.25, -0.2) is 4.79 Å². The van der Waals surface area contributed by atoms with Gasteiger partial charge in [0, 0.05) is 36.9 Å². The molecule has 1 aliphatic heterocycles. The van der Waals surface area contributed by atoms with Crippen LogP contribution >= 0.6 is 11.3 Å². The lowest BCUT2D eigenvalue weighted by Gasteiger charge is -2.38. The summed E-state index contributed by atoms with van der Waals surface area (Å²) in [6.07, 6.45) is 7.76. The second-order valence-corrected chi connectivity index (χ2v) is 8.55. The number of nitrogens with one attached hydrogen (secondary N) is 1. The van der Waals surface area contributed by atoms with Crippen LogP contribution in [0.2, 0.25) is 0 Å². The molecule has 1 aliphatic carbocycles. The molecule has 2 aromatic rings. The number of hydrogen-bond donors (Lipinski definition) is 1. The minimum absolute atomic E-state index is 0.0827. The largest absolute Gasteiger partial charge is 0.446 e. The van der Waals surface area contributed by atoms with Gasteiger partial charge in [0.25, 0.3) is 0 Å². The Balaban J connectivity index is 1.39. The van der Waals surface area contributed by atoms with Gasteiger partial charge in [-0.3, -0.25) is 9.78 Å². The number of rotatable bonds is 5. The molecule has 1 unspecified atom stereocenters. The maximum absolute atomic E-state index is 12.3. The third-order valence-corrected chi connectivity index (χ3v) is 6.56. The summed E-state index contributed by atoms with van der Waals surface area (Å²) in [5, 5.41) is 13.0. The number of pyridine rings is 1. The van der Waals surface area contributed by atoms with Gasteiger partial charge in [-0.05, 0) is 36.1 Å². The molecule has 4 rings (SSSR count). The van der Waals surface area contributed by atoms with Gasteiger partial charge in [0.15, 0.2) is 0 Å². The number of carbonyl (C=O) groups is 2. The second kappa shape index (κ2) is 9.29. The van der Waals surface area contributed by atoms with Gasteiger partial charge < -0.3 is 19.7 Å². The Morgan fingerprint density at radius 3 is 2.94 bits per heavy atom. The average molecular weight is 439 g/mol. The van der Waals surface area contributed by atoms with E-state index in [-0.39, 0.29) is 24.2 Å². The third kappa shape index (κ3) is 4.76. The fraction of sp³-hybridized carbons (Fsp3) is 0.364. The molecule has 3 heterocycles. The molecule has 1 saturated heterocycles. The number of nitrogens with zero attached hydrogens (tertiary/aromatic N) is 3. The lowest BCUT2D eigenvalue weighted by molar-refractivity contribution is -0.111. The molecular formula is C22H22N4O4S. The van der Waals surface area contributed by atoms with Gasteiger partial charge in [-0.15, -0.1) is 11.3 Å². The number of thiophene rings is 1. The molecule has 2 aromatic heterocycles. The SMILES string of the molecule is COC1CN(C(=O)OC2CCc3c(sc(NC(=O)/C=C/c4cccnc4)c3C#N)C2)C1. The molecule has 0 radical (unpaired) electrons. The normalized spacial score (nSPS) is 18.2. The van der Waals surface area contributed by atoms with Gasteiger partial charge in [-0.2, -0.15) is 5.26 Å². The quantitative estimate of drug-likeness (QED) is 0.720. The number of amides is 2. The predicted molar refractivity (Wildman–Crippen MR) is 116 cm³/mol. The highest BCUT2D eigenvalue weighted by Gasteiger charge is 2.34. The Morgan fingerprint density at radius 1 is 1.39 bits per heavy atom. The van der Waals surface area contributed by atoms with Crippen molar-refractivity contribution >= 4 is 34.4 Å². The molecule has 2 aliphatic rings. The van der Waals surface area contributed by atoms with E-state index >= 15 is 0 Å². The first kappa shape index (κ1) is 21.0. The Labute approximate surface area is 184 Å². The molecule has 1 N–H and O–H groups in total. The van der Waals surface area contributed by atoms with Crippen molar-refractivity contribution in [2.75, 3.05) is 25.5 Å². The van der Waals surface area contributed by atoms with E-state index in [1.165, 1.54) is 17.4 Å². The van der Waals surface area contributed by atoms with Crippen LogP contribution in [0, 0.1) is 11.3 Å². The van der Waals surface area contributed by atoms with E-state index in [1.807, 2.05) is 6.07 Å². The first-order valence-corrected chi connectivity index (χ1v) is 10.8. The first-order valence-electron chi connectivity index (χ1n) is 9.99. The van der Waals surface area contributed by atoms with E-state index in [2.05, 4.69) is 16.4 Å². The van der Waals surface area contributed by atoms with Crippen molar-refractivity contribution in [2.45, 2.75) is 31.5 Å². The highest BCUT2D eigenvalue weighted by Crippen LogP contribution is 2.38. The Kier molecular flexibility index (Phi) is 6.30. The minimum atomic E-state index is -0.326. The number of likely N-dealkylation sites (tertiary alicyclic amines) is 1. The zero-order valence-electron chi connectivity index (χ0n) is 17.0. The van der Waals surface area contributed by atoms with Crippen LogP contribution in [0.1, 0.15) is 28.0 Å². The molecule has 0 aromatic carbocycles. The molecule has 8 nitrogen and oxygen atoms in total. The summed E-state index contributed by atoms with van der Waals surface area (Å²) in [5.41, 5.74) is 2.25. The summed E-state index contributed by atoms with van der Waals surface area (Å²) >= 11 is 1.37. The van der Waals surface area contributed by atoms with Crippen LogP contribution < -0.4 is 5.32 Å². The standard InChI is InChI=1S/C22H22N4O4S/c1-29-16-12-26(13-16)22(28)30-15-5-6-17-18(10-23)21(31-19(17)9-15)25-20(27)7-4-14-3-2-8-24-11-14/h2-4,7-8,11,15-16H,5-6,9,12-13H2,1H3,(H,25,27)/b7-4+. The molecule has 2 amide bonds. The molecule has 0 bridgehead atoms. The van der Waals surface area contributed by atoms with Crippen molar-refractivity contribution in [1.82, 2.24) is 9.88 Å². The molecule has 160 valence electrons. The summed E-state index contributed by atoms with van der Waals surface area (Å²) in [7, 11) is 1.63. The average Bonchev–Trinajstić information content (AvgIpc) is 3.08. The Bertz CT molecular complexity index is 1040. The van der Waals surface area contributed by atoms with Gasteiger partial charge in [0.1, 0.15) is 17.2 Å². The molecule has 1 atom stereocenters. The van der Waals surface area contributed by atoms with Crippen molar-refractivity contribution in [2.24, 2.45) is 0 Å². The molecule has 0 spiro atoms. The van der Waals surface area contributed by atoms with Crippen molar-refractivity contribution in [3.8, 4) is 6.07 Å². The highest BCUT2D eigenvalue weighted by molar-refractivity contribution is 7.16. The van der Waals surface area contributed by atoms with Gasteiger partial charge >= 0.3 is 6.09 Å². The number of fused-ring (bicyclic) bond motifs is 1. The predicted octanol–water partition coefficient (Wildman–Crippen LogP) is 2.99. The van der Waals surface area contributed by atoms with Crippen LogP contribution in [-0.2, 0) is 27.1 Å². The molecule has 0 saturated carbocycles. The lowest BCUT2D eigenvalue weighted by Crippen LogP contribution is -2.55. The van der Waals surface area contributed by atoms with Gasteiger partial charge in [0.05, 0.1) is 24.8 Å². The first-order chi connectivity index (χ1) is 15.1. The summed E-state index contributed by atoms with van der Waals surface area (Å²) in [5.74, 6) is -0.313. The van der Waals surface area contributed by atoms with Gasteiger partial charge in [-0.1, -0.05) is 6.07 Å². The topological polar surface area (TPSA) is 105 Å². The number of methoxy groups -OCH3 is 1. The zero-order valence-corrected chi connectivity index (χ0v) is 17.9. The second-order valence-electron chi connectivity index (χ2n) is 7.44. The van der Waals surface area contributed by atoms with E-state index < -0.39 is 0 Å². The fourth-order valence-corrected chi connectivity index (χ4v) is 4.88. The lowest BCUT2D eigenvalue weighted by atomic mass is 9.94. The maximum atomic E-state index is 12.3. The summed E-state index contributed by atoms with van der Waals surface area (Å²) in [4.78, 5) is 31.2. The Hall–Kier alpha value is -3.22. The third-order valence-electron chi connectivity index (χ3n) is 5.39. The van der Waals surface area contributed by atoms with Crippen LogP contribution in [0.15, 0.2) is 30.6 Å². The highest BCUT2D eigenvalue weighted by atomic mass is 32.1. The molecule has 9 heteroatoms. The van der Waals surface area contributed by atoms with E-state index in [9.17, 15) is 14.9 Å². The number of hydrogen-bond acceptors (Lipinski definition) is 7. The zero-order chi connectivity index (χ0) is 21.8. The van der Waals surface area contributed by atoms with Gasteiger partial charge in [0.2, 0.25) is 5.91 Å². The number of carbonyl (C=O) groups excluding carboxylic acids is 2. The van der Waals surface area contributed by atoms with Crippen LogP contribution in [-0.4, -0.2) is 54.3 Å². The van der Waals surface area contributed by atoms with Crippen LogP contribution in [0.25, 0.3) is 6.08 Å². The van der Waals surface area contributed by atoms with E-state index in [4.69, 9.17) is 9.47 Å². The van der Waals surface area contributed by atoms with Crippen molar-refractivity contribution in [1.29, 1.82) is 5.26 Å². The summed E-state index contributed by atoms with van der Waals surface area (Å²) < 4.78 is 10.8. The van der Waals surface area contributed by atoms with E-state index in [1.54, 1.807) is 36.5 Å². The smallest absolute Gasteiger partial charge is 0.410 e. The van der Waals surface area contributed by atoms with Crippen LogP contribution in [0.5, 0.6) is 0 Å². The maximum Gasteiger partial charge on any atom is 0.410 e. The monoisotopic (exact) mass is 438 g/mol. The fourth-order valence-electron chi connectivity index (χ4n) is 3.62. The van der Waals surface area contributed by atoms with E-state index in [0.29, 0.717) is 42.9 Å². The van der Waals surface area contributed by atoms with Crippen molar-refractivity contribution in [3.05, 3.63) is 52.2 Å². The number of ether oxygens (including phenoxy) is 2. The number of nitriles is 1. The minimum Gasteiger partial charge on any atom is -0.446 e. The number of anilines is 1.